The van der Waals surface area contributed by atoms with Gasteiger partial charge in [0.25, 0.3) is 0 Å². The zero-order valence-electron chi connectivity index (χ0n) is 13.7. The van der Waals surface area contributed by atoms with E-state index in [1.54, 1.807) is 6.07 Å². The van der Waals surface area contributed by atoms with E-state index in [9.17, 15) is 8.42 Å². The number of fused-ring (bicyclic) bond motifs is 1. The zero-order valence-corrected chi connectivity index (χ0v) is 15.4. The normalized spacial score (nSPS) is 15.2. The topological polar surface area (TPSA) is 64.6 Å². The van der Waals surface area contributed by atoms with Crippen molar-refractivity contribution in [3.8, 4) is 11.5 Å². The Labute approximate surface area is 146 Å². The van der Waals surface area contributed by atoms with Gasteiger partial charge in [-0.3, -0.25) is 0 Å². The number of hydrogen-bond acceptors (Lipinski definition) is 5. The Morgan fingerprint density at radius 1 is 1.17 bits per heavy atom. The predicted molar refractivity (Wildman–Crippen MR) is 94.7 cm³/mol. The summed E-state index contributed by atoms with van der Waals surface area (Å²) in [7, 11) is -3.41. The molecule has 0 bridgehead atoms. The third-order valence-electron chi connectivity index (χ3n) is 3.99. The van der Waals surface area contributed by atoms with Crippen LogP contribution in [0.3, 0.4) is 0 Å². The average Bonchev–Trinajstić information content (AvgIpc) is 3.01. The zero-order chi connectivity index (χ0) is 17.2. The van der Waals surface area contributed by atoms with Crippen LogP contribution in [0.5, 0.6) is 11.5 Å². The van der Waals surface area contributed by atoms with Gasteiger partial charge in [-0.2, -0.15) is 0 Å². The SMILES string of the molecule is Cc1ccc(S(=O)(=O)NCCC(C)c2ccc3c(c2)OCCO3)s1. The minimum atomic E-state index is -3.41. The van der Waals surface area contributed by atoms with Crippen LogP contribution in [0.1, 0.15) is 29.7 Å². The fourth-order valence-electron chi connectivity index (χ4n) is 2.57. The van der Waals surface area contributed by atoms with Gasteiger partial charge >= 0.3 is 0 Å². The Bertz CT molecular complexity index is 814. The smallest absolute Gasteiger partial charge is 0.250 e. The van der Waals surface area contributed by atoms with Crippen molar-refractivity contribution in [3.05, 3.63) is 40.8 Å². The minimum absolute atomic E-state index is 0.216. The van der Waals surface area contributed by atoms with Crippen molar-refractivity contribution in [2.75, 3.05) is 19.8 Å². The van der Waals surface area contributed by atoms with E-state index in [-0.39, 0.29) is 5.92 Å². The molecule has 0 amide bonds. The lowest BCUT2D eigenvalue weighted by atomic mass is 9.97. The second kappa shape index (κ2) is 7.13. The van der Waals surface area contributed by atoms with Crippen LogP contribution in [-0.4, -0.2) is 28.2 Å². The third-order valence-corrected chi connectivity index (χ3v) is 6.94. The van der Waals surface area contributed by atoms with E-state index < -0.39 is 10.0 Å². The first kappa shape index (κ1) is 17.3. The highest BCUT2D eigenvalue weighted by molar-refractivity contribution is 7.91. The summed E-state index contributed by atoms with van der Waals surface area (Å²) in [6.45, 7) is 5.51. The summed E-state index contributed by atoms with van der Waals surface area (Å²) in [6, 6.07) is 9.37. The van der Waals surface area contributed by atoms with E-state index >= 15 is 0 Å². The molecule has 1 aromatic heterocycles. The molecule has 1 unspecified atom stereocenters. The van der Waals surface area contributed by atoms with Crippen molar-refractivity contribution in [1.29, 1.82) is 0 Å². The van der Waals surface area contributed by atoms with Gasteiger partial charge in [-0.1, -0.05) is 13.0 Å². The van der Waals surface area contributed by atoms with Gasteiger partial charge in [-0.05, 0) is 49.1 Å². The largest absolute Gasteiger partial charge is 0.486 e. The van der Waals surface area contributed by atoms with E-state index in [0.29, 0.717) is 30.4 Å². The van der Waals surface area contributed by atoms with Crippen molar-refractivity contribution >= 4 is 21.4 Å². The lowest BCUT2D eigenvalue weighted by Crippen LogP contribution is -2.25. The molecule has 3 rings (SSSR count). The minimum Gasteiger partial charge on any atom is -0.486 e. The maximum Gasteiger partial charge on any atom is 0.250 e. The van der Waals surface area contributed by atoms with E-state index in [1.807, 2.05) is 31.2 Å². The van der Waals surface area contributed by atoms with Gasteiger partial charge in [-0.25, -0.2) is 13.1 Å². The number of benzene rings is 1. The van der Waals surface area contributed by atoms with E-state index in [1.165, 1.54) is 11.3 Å². The number of nitrogens with one attached hydrogen (secondary N) is 1. The van der Waals surface area contributed by atoms with Crippen molar-refractivity contribution in [2.24, 2.45) is 0 Å². The summed E-state index contributed by atoms with van der Waals surface area (Å²) in [6.07, 6.45) is 0.712. The molecule has 2 aromatic rings. The number of thiophene rings is 1. The first-order valence-electron chi connectivity index (χ1n) is 7.91. The molecule has 0 saturated carbocycles. The Morgan fingerprint density at radius 3 is 2.62 bits per heavy atom. The molecule has 1 atom stereocenters. The summed E-state index contributed by atoms with van der Waals surface area (Å²) >= 11 is 1.28. The molecular weight excluding hydrogens is 346 g/mol. The van der Waals surface area contributed by atoms with Gasteiger partial charge < -0.3 is 9.47 Å². The molecule has 130 valence electrons. The van der Waals surface area contributed by atoms with Crippen LogP contribution in [0.15, 0.2) is 34.5 Å². The summed E-state index contributed by atoms with van der Waals surface area (Å²) in [4.78, 5) is 0.986. The molecule has 0 aliphatic carbocycles. The molecular formula is C17H21NO4S2. The van der Waals surface area contributed by atoms with Gasteiger partial charge in [-0.15, -0.1) is 11.3 Å². The van der Waals surface area contributed by atoms with E-state index in [2.05, 4.69) is 11.6 Å². The van der Waals surface area contributed by atoms with Crippen molar-refractivity contribution in [1.82, 2.24) is 4.72 Å². The van der Waals surface area contributed by atoms with Crippen LogP contribution in [0.2, 0.25) is 0 Å². The average molecular weight is 367 g/mol. The number of hydrogen-bond donors (Lipinski definition) is 1. The molecule has 0 fully saturated rings. The monoisotopic (exact) mass is 367 g/mol. The number of aryl methyl sites for hydroxylation is 1. The van der Waals surface area contributed by atoms with Crippen LogP contribution in [0, 0.1) is 6.92 Å². The van der Waals surface area contributed by atoms with Gasteiger partial charge in [0.15, 0.2) is 11.5 Å². The van der Waals surface area contributed by atoms with Crippen molar-refractivity contribution in [3.63, 3.8) is 0 Å². The third kappa shape index (κ3) is 3.91. The van der Waals surface area contributed by atoms with Gasteiger partial charge in [0.2, 0.25) is 10.0 Å². The fraction of sp³-hybridized carbons (Fsp3) is 0.412. The highest BCUT2D eigenvalue weighted by Crippen LogP contribution is 2.33. The van der Waals surface area contributed by atoms with Crippen LogP contribution < -0.4 is 14.2 Å². The molecule has 0 saturated heterocycles. The molecule has 0 radical (unpaired) electrons. The Hall–Kier alpha value is -1.57. The Morgan fingerprint density at radius 2 is 1.92 bits per heavy atom. The predicted octanol–water partition coefficient (Wildman–Crippen LogP) is 3.30. The molecule has 1 aromatic carbocycles. The number of rotatable bonds is 6. The van der Waals surface area contributed by atoms with Crippen LogP contribution in [0.25, 0.3) is 0 Å². The lowest BCUT2D eigenvalue weighted by molar-refractivity contribution is 0.171. The number of ether oxygens (including phenoxy) is 2. The summed E-state index contributed by atoms with van der Waals surface area (Å²) in [5.41, 5.74) is 1.12. The second-order valence-corrected chi connectivity index (χ2v) is 9.14. The Balaban J connectivity index is 1.58. The van der Waals surface area contributed by atoms with Gasteiger partial charge in [0, 0.05) is 11.4 Å². The lowest BCUT2D eigenvalue weighted by Gasteiger charge is -2.20. The summed E-state index contributed by atoms with van der Waals surface area (Å²) < 4.78 is 38.6. The summed E-state index contributed by atoms with van der Waals surface area (Å²) in [5, 5.41) is 0. The first-order chi connectivity index (χ1) is 11.5. The highest BCUT2D eigenvalue weighted by atomic mass is 32.2. The molecule has 7 heteroatoms. The molecule has 0 spiro atoms. The maximum absolute atomic E-state index is 12.2. The van der Waals surface area contributed by atoms with Crippen molar-refractivity contribution in [2.45, 2.75) is 30.4 Å². The molecule has 2 heterocycles. The maximum atomic E-state index is 12.2. The second-order valence-electron chi connectivity index (χ2n) is 5.86. The highest BCUT2D eigenvalue weighted by Gasteiger charge is 2.17. The van der Waals surface area contributed by atoms with Crippen LogP contribution in [0.4, 0.5) is 0 Å². The molecule has 5 nitrogen and oxygen atoms in total. The fourth-order valence-corrected chi connectivity index (χ4v) is 4.95. The first-order valence-corrected chi connectivity index (χ1v) is 10.2. The van der Waals surface area contributed by atoms with E-state index in [4.69, 9.17) is 9.47 Å². The quantitative estimate of drug-likeness (QED) is 0.851. The van der Waals surface area contributed by atoms with Crippen LogP contribution >= 0.6 is 11.3 Å². The van der Waals surface area contributed by atoms with Gasteiger partial charge in [0.05, 0.1) is 0 Å². The molecule has 1 N–H and O–H groups in total. The number of sulfonamides is 1. The summed E-state index contributed by atoms with van der Waals surface area (Å²) in [5.74, 6) is 1.75. The van der Waals surface area contributed by atoms with E-state index in [0.717, 1.165) is 21.9 Å². The van der Waals surface area contributed by atoms with Gasteiger partial charge in [0.1, 0.15) is 17.4 Å². The molecule has 1 aliphatic rings. The van der Waals surface area contributed by atoms with Crippen molar-refractivity contribution < 1.29 is 17.9 Å². The molecule has 24 heavy (non-hydrogen) atoms. The molecule has 1 aliphatic heterocycles. The Kier molecular flexibility index (Phi) is 5.12. The van der Waals surface area contributed by atoms with Crippen LogP contribution in [-0.2, 0) is 10.0 Å². The standard InChI is InChI=1S/C17H21NO4S2/c1-12(14-4-5-15-16(11-14)22-10-9-21-15)7-8-18-24(19,20)17-6-3-13(2)23-17/h3-6,11-12,18H,7-10H2,1-2H3.